The third kappa shape index (κ3) is 5.38. The molecule has 1 N–H and O–H groups in total. The predicted octanol–water partition coefficient (Wildman–Crippen LogP) is 3.68. The molecule has 0 saturated heterocycles. The van der Waals surface area contributed by atoms with Crippen LogP contribution in [0.4, 0.5) is 4.39 Å². The van der Waals surface area contributed by atoms with Gasteiger partial charge in [0.25, 0.3) is 0 Å². The topological polar surface area (TPSA) is 20.2 Å². The van der Waals surface area contributed by atoms with Crippen LogP contribution in [0.5, 0.6) is 0 Å². The number of hydrogen-bond donors (Lipinski definition) is 1. The SMILES string of the molecule is C/C=C(/F)CCCC(CC)C(C)CO. The van der Waals surface area contributed by atoms with Gasteiger partial charge in [-0.1, -0.05) is 26.3 Å². The second kappa shape index (κ2) is 7.98. The molecular weight excluding hydrogens is 179 g/mol. The minimum Gasteiger partial charge on any atom is -0.396 e. The Morgan fingerprint density at radius 1 is 1.50 bits per heavy atom. The van der Waals surface area contributed by atoms with Crippen molar-refractivity contribution in [2.24, 2.45) is 11.8 Å². The predicted molar refractivity (Wildman–Crippen MR) is 58.7 cm³/mol. The number of aliphatic hydroxyl groups excluding tert-OH is 1. The molecule has 2 unspecified atom stereocenters. The first-order valence-corrected chi connectivity index (χ1v) is 5.57. The molecule has 2 atom stereocenters. The Kier molecular flexibility index (Phi) is 7.77. The van der Waals surface area contributed by atoms with Crippen LogP contribution in [0, 0.1) is 11.8 Å². The average Bonchev–Trinajstić information content (AvgIpc) is 2.22. The van der Waals surface area contributed by atoms with E-state index < -0.39 is 0 Å². The molecule has 0 aromatic heterocycles. The smallest absolute Gasteiger partial charge is 0.0957 e. The van der Waals surface area contributed by atoms with Gasteiger partial charge in [-0.25, -0.2) is 4.39 Å². The lowest BCUT2D eigenvalue weighted by molar-refractivity contribution is 0.177. The van der Waals surface area contributed by atoms with E-state index in [-0.39, 0.29) is 12.4 Å². The third-order valence-corrected chi connectivity index (χ3v) is 2.92. The van der Waals surface area contributed by atoms with Crippen molar-refractivity contribution in [3.05, 3.63) is 11.9 Å². The molecule has 0 aromatic carbocycles. The van der Waals surface area contributed by atoms with Gasteiger partial charge in [-0.3, -0.25) is 0 Å². The summed E-state index contributed by atoms with van der Waals surface area (Å²) in [6.07, 6.45) is 5.04. The molecule has 0 spiro atoms. The summed E-state index contributed by atoms with van der Waals surface area (Å²) in [5.74, 6) is 0.856. The summed E-state index contributed by atoms with van der Waals surface area (Å²) >= 11 is 0. The average molecular weight is 202 g/mol. The highest BCUT2D eigenvalue weighted by Crippen LogP contribution is 2.22. The summed E-state index contributed by atoms with van der Waals surface area (Å²) in [7, 11) is 0. The summed E-state index contributed by atoms with van der Waals surface area (Å²) < 4.78 is 12.8. The van der Waals surface area contributed by atoms with E-state index in [1.165, 1.54) is 6.08 Å². The highest BCUT2D eigenvalue weighted by atomic mass is 19.1. The van der Waals surface area contributed by atoms with Gasteiger partial charge in [0.05, 0.1) is 5.83 Å². The number of aliphatic hydroxyl groups is 1. The summed E-state index contributed by atoms with van der Waals surface area (Å²) in [4.78, 5) is 0. The van der Waals surface area contributed by atoms with Gasteiger partial charge in [-0.15, -0.1) is 0 Å². The Bertz CT molecular complexity index is 166. The van der Waals surface area contributed by atoms with E-state index in [1.54, 1.807) is 6.92 Å². The fourth-order valence-electron chi connectivity index (χ4n) is 1.72. The molecule has 84 valence electrons. The van der Waals surface area contributed by atoms with Crippen LogP contribution in [0.2, 0.25) is 0 Å². The standard InChI is InChI=1S/C12H23FO/c1-4-11(10(3)9-14)7-6-8-12(13)5-2/h5,10-11,14H,4,6-9H2,1-3H3/b12-5+. The zero-order valence-corrected chi connectivity index (χ0v) is 9.59. The maximum atomic E-state index is 12.8. The Labute approximate surface area is 87.0 Å². The lowest BCUT2D eigenvalue weighted by Gasteiger charge is -2.20. The highest BCUT2D eigenvalue weighted by molar-refractivity contribution is 4.88. The fraction of sp³-hybridized carbons (Fsp3) is 0.833. The van der Waals surface area contributed by atoms with E-state index >= 15 is 0 Å². The Morgan fingerprint density at radius 3 is 2.57 bits per heavy atom. The van der Waals surface area contributed by atoms with E-state index in [4.69, 9.17) is 5.11 Å². The Morgan fingerprint density at radius 2 is 2.14 bits per heavy atom. The van der Waals surface area contributed by atoms with Crippen LogP contribution in [0.1, 0.15) is 46.5 Å². The Hall–Kier alpha value is -0.370. The van der Waals surface area contributed by atoms with Crippen LogP contribution >= 0.6 is 0 Å². The van der Waals surface area contributed by atoms with Crippen LogP contribution in [-0.4, -0.2) is 11.7 Å². The number of halogens is 1. The van der Waals surface area contributed by atoms with Gasteiger partial charge in [0.2, 0.25) is 0 Å². The van der Waals surface area contributed by atoms with Crippen molar-refractivity contribution < 1.29 is 9.50 Å². The van der Waals surface area contributed by atoms with Crippen molar-refractivity contribution >= 4 is 0 Å². The first-order chi connectivity index (χ1) is 6.65. The van der Waals surface area contributed by atoms with Crippen LogP contribution in [0.3, 0.4) is 0 Å². The molecule has 0 rings (SSSR count). The van der Waals surface area contributed by atoms with Crippen LogP contribution < -0.4 is 0 Å². The maximum absolute atomic E-state index is 12.8. The molecule has 2 heteroatoms. The molecule has 14 heavy (non-hydrogen) atoms. The van der Waals surface area contributed by atoms with Crippen molar-refractivity contribution in [1.82, 2.24) is 0 Å². The fourth-order valence-corrected chi connectivity index (χ4v) is 1.72. The van der Waals surface area contributed by atoms with Crippen LogP contribution in [-0.2, 0) is 0 Å². The van der Waals surface area contributed by atoms with Crippen LogP contribution in [0.15, 0.2) is 11.9 Å². The van der Waals surface area contributed by atoms with Crippen molar-refractivity contribution in [3.63, 3.8) is 0 Å². The molecule has 0 aliphatic rings. The van der Waals surface area contributed by atoms with E-state index in [2.05, 4.69) is 13.8 Å². The highest BCUT2D eigenvalue weighted by Gasteiger charge is 2.13. The number of hydrogen-bond acceptors (Lipinski definition) is 1. The number of allylic oxidation sites excluding steroid dienone is 2. The third-order valence-electron chi connectivity index (χ3n) is 2.92. The minimum absolute atomic E-state index is 0.0171. The van der Waals surface area contributed by atoms with Gasteiger partial charge in [-0.05, 0) is 38.0 Å². The van der Waals surface area contributed by atoms with Crippen molar-refractivity contribution in [3.8, 4) is 0 Å². The van der Waals surface area contributed by atoms with E-state index in [1.807, 2.05) is 0 Å². The lowest BCUT2D eigenvalue weighted by Crippen LogP contribution is -2.14. The molecule has 1 nitrogen and oxygen atoms in total. The second-order valence-corrected chi connectivity index (χ2v) is 3.96. The molecule has 0 aromatic rings. The second-order valence-electron chi connectivity index (χ2n) is 3.96. The molecule has 0 fully saturated rings. The molecule has 0 amide bonds. The Balaban J connectivity index is 3.73. The van der Waals surface area contributed by atoms with Crippen molar-refractivity contribution in [2.75, 3.05) is 6.61 Å². The molecular formula is C12H23FO. The van der Waals surface area contributed by atoms with Gasteiger partial charge < -0.3 is 5.11 Å². The molecule has 0 radical (unpaired) electrons. The quantitative estimate of drug-likeness (QED) is 0.667. The minimum atomic E-state index is -0.0171. The molecule has 0 aliphatic heterocycles. The first kappa shape index (κ1) is 13.6. The largest absolute Gasteiger partial charge is 0.396 e. The van der Waals surface area contributed by atoms with E-state index in [0.29, 0.717) is 18.3 Å². The molecule has 0 saturated carbocycles. The molecule has 0 bridgehead atoms. The zero-order valence-electron chi connectivity index (χ0n) is 9.59. The summed E-state index contributed by atoms with van der Waals surface area (Å²) in [5.41, 5.74) is 0. The summed E-state index contributed by atoms with van der Waals surface area (Å²) in [6.45, 7) is 6.15. The van der Waals surface area contributed by atoms with Gasteiger partial charge in [0.1, 0.15) is 0 Å². The summed E-state index contributed by atoms with van der Waals surface area (Å²) in [5, 5.41) is 9.01. The number of rotatable bonds is 7. The zero-order chi connectivity index (χ0) is 11.0. The van der Waals surface area contributed by atoms with Gasteiger partial charge in [-0.2, -0.15) is 0 Å². The van der Waals surface area contributed by atoms with Crippen molar-refractivity contribution in [2.45, 2.75) is 46.5 Å². The van der Waals surface area contributed by atoms with Crippen LogP contribution in [0.25, 0.3) is 0 Å². The van der Waals surface area contributed by atoms with E-state index in [9.17, 15) is 4.39 Å². The molecule has 0 heterocycles. The van der Waals surface area contributed by atoms with Gasteiger partial charge >= 0.3 is 0 Å². The van der Waals surface area contributed by atoms with Crippen molar-refractivity contribution in [1.29, 1.82) is 0 Å². The molecule has 0 aliphatic carbocycles. The normalized spacial score (nSPS) is 16.8. The lowest BCUT2D eigenvalue weighted by atomic mass is 9.87. The monoisotopic (exact) mass is 202 g/mol. The maximum Gasteiger partial charge on any atom is 0.0957 e. The van der Waals surface area contributed by atoms with Gasteiger partial charge in [0, 0.05) is 6.61 Å². The summed E-state index contributed by atoms with van der Waals surface area (Å²) in [6, 6.07) is 0. The van der Waals surface area contributed by atoms with E-state index in [0.717, 1.165) is 19.3 Å². The first-order valence-electron chi connectivity index (χ1n) is 5.57. The van der Waals surface area contributed by atoms with Gasteiger partial charge in [0.15, 0.2) is 0 Å².